The molecule has 7 heteroatoms. The second kappa shape index (κ2) is 12.4. The van der Waals surface area contributed by atoms with E-state index >= 15 is 0 Å². The maximum absolute atomic E-state index is 12.3. The van der Waals surface area contributed by atoms with Gasteiger partial charge in [0.05, 0.1) is 18.8 Å². The molecule has 1 aliphatic rings. The van der Waals surface area contributed by atoms with E-state index in [0.717, 1.165) is 57.1 Å². The number of hydrogen-bond acceptors (Lipinski definition) is 4. The molecule has 0 bridgehead atoms. The highest BCUT2D eigenvalue weighted by atomic mass is 35.5. The average Bonchev–Trinajstić information content (AvgIpc) is 2.55. The first-order chi connectivity index (χ1) is 10.3. The molecule has 0 radical (unpaired) electrons. The van der Waals surface area contributed by atoms with Crippen molar-refractivity contribution in [1.82, 2.24) is 10.6 Å². The molecule has 1 aromatic rings. The highest BCUT2D eigenvalue weighted by Gasteiger charge is 2.17. The average molecular weight is 364 g/mol. The second-order valence-corrected chi connectivity index (χ2v) is 5.12. The lowest BCUT2D eigenvalue weighted by Gasteiger charge is -2.30. The summed E-state index contributed by atoms with van der Waals surface area (Å²) in [6.45, 7) is 7.68. The van der Waals surface area contributed by atoms with E-state index in [0.29, 0.717) is 6.54 Å². The third-order valence-corrected chi connectivity index (χ3v) is 3.51. The van der Waals surface area contributed by atoms with Gasteiger partial charge < -0.3 is 20.3 Å². The second-order valence-electron chi connectivity index (χ2n) is 5.12. The van der Waals surface area contributed by atoms with Crippen LogP contribution in [-0.4, -0.2) is 51.8 Å². The monoisotopic (exact) mass is 363 g/mol. The minimum Gasteiger partial charge on any atom is -0.378 e. The van der Waals surface area contributed by atoms with Gasteiger partial charge in [-0.1, -0.05) is 19.1 Å². The van der Waals surface area contributed by atoms with Crippen molar-refractivity contribution in [3.05, 3.63) is 29.8 Å². The van der Waals surface area contributed by atoms with Crippen LogP contribution in [0.2, 0.25) is 0 Å². The highest BCUT2D eigenvalue weighted by Crippen LogP contribution is 2.21. The summed E-state index contributed by atoms with van der Waals surface area (Å²) in [6.07, 6.45) is 1.10. The Morgan fingerprint density at radius 2 is 1.83 bits per heavy atom. The molecule has 1 amide bonds. The molecule has 0 spiro atoms. The fourth-order valence-corrected chi connectivity index (χ4v) is 2.41. The van der Waals surface area contributed by atoms with Crippen LogP contribution in [0.4, 0.5) is 5.69 Å². The topological polar surface area (TPSA) is 53.6 Å². The minimum atomic E-state index is -0.00427. The van der Waals surface area contributed by atoms with E-state index in [-0.39, 0.29) is 30.7 Å². The number of hydrogen-bond donors (Lipinski definition) is 2. The van der Waals surface area contributed by atoms with Gasteiger partial charge in [-0.15, -0.1) is 24.8 Å². The molecule has 1 heterocycles. The molecule has 132 valence electrons. The van der Waals surface area contributed by atoms with Gasteiger partial charge in [-0.2, -0.15) is 0 Å². The molecule has 2 rings (SSSR count). The molecule has 23 heavy (non-hydrogen) atoms. The minimum absolute atomic E-state index is 0. The van der Waals surface area contributed by atoms with E-state index in [1.54, 1.807) is 0 Å². The number of nitrogens with zero attached hydrogens (tertiary/aromatic N) is 1. The number of carbonyl (C=O) groups excluding carboxylic acids is 1. The van der Waals surface area contributed by atoms with E-state index in [4.69, 9.17) is 4.74 Å². The Kier molecular flexibility index (Phi) is 11.9. The first-order valence-electron chi connectivity index (χ1n) is 7.73. The van der Waals surface area contributed by atoms with Crippen LogP contribution < -0.4 is 15.5 Å². The normalized spacial score (nSPS) is 13.7. The predicted molar refractivity (Wildman–Crippen MR) is 99.5 cm³/mol. The van der Waals surface area contributed by atoms with E-state index in [9.17, 15) is 4.79 Å². The molecule has 1 aliphatic heterocycles. The smallest absolute Gasteiger partial charge is 0.253 e. The van der Waals surface area contributed by atoms with E-state index in [1.807, 2.05) is 24.3 Å². The van der Waals surface area contributed by atoms with Crippen molar-refractivity contribution in [3.8, 4) is 0 Å². The largest absolute Gasteiger partial charge is 0.378 e. The number of morpholine rings is 1. The number of anilines is 1. The van der Waals surface area contributed by atoms with E-state index < -0.39 is 0 Å². The van der Waals surface area contributed by atoms with Crippen LogP contribution in [0, 0.1) is 0 Å². The lowest BCUT2D eigenvalue weighted by atomic mass is 10.1. The van der Waals surface area contributed by atoms with Gasteiger partial charge in [0.25, 0.3) is 5.91 Å². The Labute approximate surface area is 151 Å². The standard InChI is InChI=1S/C16H25N3O2.2ClH/c1-2-7-17-8-9-18-16(20)14-5-3-4-6-15(14)19-10-12-21-13-11-19;;/h3-6,17H,2,7-13H2,1H3,(H,18,20);2*1H. The number of halogens is 2. The summed E-state index contributed by atoms with van der Waals surface area (Å²) >= 11 is 0. The fraction of sp³-hybridized carbons (Fsp3) is 0.562. The lowest BCUT2D eigenvalue weighted by Crippen LogP contribution is -2.38. The molecule has 0 unspecified atom stereocenters. The number of para-hydroxylation sites is 1. The molecular weight excluding hydrogens is 337 g/mol. The van der Waals surface area contributed by atoms with Gasteiger partial charge in [-0.25, -0.2) is 0 Å². The van der Waals surface area contributed by atoms with Gasteiger partial charge in [0.2, 0.25) is 0 Å². The lowest BCUT2D eigenvalue weighted by molar-refractivity contribution is 0.0952. The number of nitrogens with one attached hydrogen (secondary N) is 2. The summed E-state index contributed by atoms with van der Waals surface area (Å²) in [4.78, 5) is 14.6. The first-order valence-corrected chi connectivity index (χ1v) is 7.73. The van der Waals surface area contributed by atoms with Crippen molar-refractivity contribution in [2.45, 2.75) is 13.3 Å². The van der Waals surface area contributed by atoms with Gasteiger partial charge in [-0.05, 0) is 25.1 Å². The Hall–Kier alpha value is -1.01. The Balaban J connectivity index is 0.00000242. The van der Waals surface area contributed by atoms with Crippen LogP contribution in [0.15, 0.2) is 24.3 Å². The quantitative estimate of drug-likeness (QED) is 0.728. The Morgan fingerprint density at radius 1 is 1.13 bits per heavy atom. The van der Waals surface area contributed by atoms with Crippen molar-refractivity contribution in [1.29, 1.82) is 0 Å². The van der Waals surface area contributed by atoms with Gasteiger partial charge in [-0.3, -0.25) is 4.79 Å². The zero-order valence-electron chi connectivity index (χ0n) is 13.5. The zero-order valence-corrected chi connectivity index (χ0v) is 15.2. The number of benzene rings is 1. The van der Waals surface area contributed by atoms with Crippen molar-refractivity contribution >= 4 is 36.4 Å². The molecule has 1 aromatic carbocycles. The highest BCUT2D eigenvalue weighted by molar-refractivity contribution is 5.99. The molecule has 0 aliphatic carbocycles. The Bertz CT molecular complexity index is 455. The van der Waals surface area contributed by atoms with Crippen molar-refractivity contribution in [3.63, 3.8) is 0 Å². The summed E-state index contributed by atoms with van der Waals surface area (Å²) in [5.74, 6) is -0.00427. The van der Waals surface area contributed by atoms with Gasteiger partial charge in [0, 0.05) is 31.9 Å². The van der Waals surface area contributed by atoms with Crippen LogP contribution in [-0.2, 0) is 4.74 Å². The molecule has 0 saturated carbocycles. The number of rotatable bonds is 7. The van der Waals surface area contributed by atoms with Crippen molar-refractivity contribution in [2.75, 3.05) is 50.8 Å². The predicted octanol–water partition coefficient (Wildman–Crippen LogP) is 2.10. The summed E-state index contributed by atoms with van der Waals surface area (Å²) in [7, 11) is 0. The van der Waals surface area contributed by atoms with Crippen LogP contribution in [0.1, 0.15) is 23.7 Å². The molecular formula is C16H27Cl2N3O2. The maximum atomic E-state index is 12.3. The molecule has 2 N–H and O–H groups in total. The molecule has 1 fully saturated rings. The number of ether oxygens (including phenoxy) is 1. The van der Waals surface area contributed by atoms with Gasteiger partial charge in [0.1, 0.15) is 0 Å². The molecule has 0 atom stereocenters. The SMILES string of the molecule is CCCNCCNC(=O)c1ccccc1N1CCOCC1.Cl.Cl. The molecule has 1 saturated heterocycles. The van der Waals surface area contributed by atoms with Crippen molar-refractivity contribution in [2.24, 2.45) is 0 Å². The number of amides is 1. The third kappa shape index (κ3) is 6.96. The van der Waals surface area contributed by atoms with Crippen LogP contribution >= 0.6 is 24.8 Å². The van der Waals surface area contributed by atoms with E-state index in [1.165, 1.54) is 0 Å². The van der Waals surface area contributed by atoms with Crippen LogP contribution in [0.25, 0.3) is 0 Å². The summed E-state index contributed by atoms with van der Waals surface area (Å²) in [5.41, 5.74) is 1.75. The Morgan fingerprint density at radius 3 is 2.52 bits per heavy atom. The summed E-state index contributed by atoms with van der Waals surface area (Å²) < 4.78 is 5.37. The summed E-state index contributed by atoms with van der Waals surface area (Å²) in [5, 5.41) is 6.26. The molecule has 5 nitrogen and oxygen atoms in total. The fourth-order valence-electron chi connectivity index (χ4n) is 2.41. The molecule has 0 aromatic heterocycles. The van der Waals surface area contributed by atoms with Gasteiger partial charge in [0.15, 0.2) is 0 Å². The zero-order chi connectivity index (χ0) is 14.9. The van der Waals surface area contributed by atoms with Crippen LogP contribution in [0.3, 0.4) is 0 Å². The summed E-state index contributed by atoms with van der Waals surface area (Å²) in [6, 6.07) is 7.79. The first kappa shape index (κ1) is 22.0. The number of carbonyl (C=O) groups is 1. The van der Waals surface area contributed by atoms with Gasteiger partial charge >= 0.3 is 0 Å². The van der Waals surface area contributed by atoms with Crippen LogP contribution in [0.5, 0.6) is 0 Å². The third-order valence-electron chi connectivity index (χ3n) is 3.51. The van der Waals surface area contributed by atoms with E-state index in [2.05, 4.69) is 22.5 Å². The maximum Gasteiger partial charge on any atom is 0.253 e. The van der Waals surface area contributed by atoms with Crippen molar-refractivity contribution < 1.29 is 9.53 Å².